The second-order valence-corrected chi connectivity index (χ2v) is 8.46. The Hall–Kier alpha value is -3.10. The molecule has 3 N–H and O–H groups in total. The van der Waals surface area contributed by atoms with Gasteiger partial charge in [-0.3, -0.25) is 14.4 Å². The molecular weight excluding hydrogens is 402 g/mol. The Balaban J connectivity index is 2.48. The fourth-order valence-electron chi connectivity index (χ4n) is 2.44. The van der Waals surface area contributed by atoms with Crippen molar-refractivity contribution in [3.63, 3.8) is 0 Å². The predicted octanol–water partition coefficient (Wildman–Crippen LogP) is 1.90. The van der Waals surface area contributed by atoms with Crippen LogP contribution in [0.4, 0.5) is 4.79 Å². The van der Waals surface area contributed by atoms with Crippen LogP contribution >= 0.6 is 0 Å². The quantitative estimate of drug-likeness (QED) is 0.509. The van der Waals surface area contributed by atoms with E-state index < -0.39 is 41.6 Å². The van der Waals surface area contributed by atoms with E-state index in [1.54, 1.807) is 34.6 Å². The molecule has 2 atom stereocenters. The fraction of sp³-hybridized carbons (Fsp3) is 0.545. The Morgan fingerprint density at radius 3 is 2.10 bits per heavy atom. The molecule has 0 unspecified atom stereocenters. The van der Waals surface area contributed by atoms with Crippen molar-refractivity contribution in [1.82, 2.24) is 16.0 Å². The fourth-order valence-corrected chi connectivity index (χ4v) is 2.44. The zero-order valence-corrected chi connectivity index (χ0v) is 19.0. The molecule has 1 aromatic rings. The summed E-state index contributed by atoms with van der Waals surface area (Å²) in [5.74, 6) is -1.92. The number of ether oxygens (including phenoxy) is 2. The minimum Gasteiger partial charge on any atom is -0.460 e. The number of amides is 3. The topological polar surface area (TPSA) is 123 Å². The van der Waals surface area contributed by atoms with Crippen LogP contribution in [-0.2, 0) is 30.5 Å². The molecule has 0 aliphatic heterocycles. The standard InChI is InChI=1S/C22H33N3O6/c1-14(2)18(25-21(29)31-22(4,5)6)20(28)24-15(3)19(27)23-12-17(26)30-13-16-10-8-7-9-11-16/h7-11,14-15,18H,12-13H2,1-6H3,(H,23,27)(H,24,28)(H,25,29)/t15-,18-/m0/s1. The van der Waals surface area contributed by atoms with Crippen LogP contribution < -0.4 is 16.0 Å². The van der Waals surface area contributed by atoms with Crippen molar-refractivity contribution in [2.45, 2.75) is 65.8 Å². The number of alkyl carbamates (subject to hydrolysis) is 1. The van der Waals surface area contributed by atoms with Crippen LogP contribution in [0.25, 0.3) is 0 Å². The number of esters is 1. The molecule has 0 aromatic heterocycles. The highest BCUT2D eigenvalue weighted by Crippen LogP contribution is 2.09. The van der Waals surface area contributed by atoms with Gasteiger partial charge in [-0.1, -0.05) is 44.2 Å². The zero-order valence-electron chi connectivity index (χ0n) is 19.0. The average molecular weight is 436 g/mol. The summed E-state index contributed by atoms with van der Waals surface area (Å²) in [7, 11) is 0. The third-order valence-corrected chi connectivity index (χ3v) is 4.02. The number of carbonyl (C=O) groups is 4. The minimum atomic E-state index is -0.920. The highest BCUT2D eigenvalue weighted by molar-refractivity contribution is 5.92. The van der Waals surface area contributed by atoms with Crippen molar-refractivity contribution in [2.24, 2.45) is 5.92 Å². The largest absolute Gasteiger partial charge is 0.460 e. The van der Waals surface area contributed by atoms with Crippen LogP contribution in [-0.4, -0.2) is 48.1 Å². The van der Waals surface area contributed by atoms with Gasteiger partial charge >= 0.3 is 12.1 Å². The summed E-state index contributed by atoms with van der Waals surface area (Å²) in [4.78, 5) is 48.6. The highest BCUT2D eigenvalue weighted by Gasteiger charge is 2.29. The van der Waals surface area contributed by atoms with Gasteiger partial charge in [0.1, 0.15) is 30.8 Å². The highest BCUT2D eigenvalue weighted by atomic mass is 16.6. The van der Waals surface area contributed by atoms with Gasteiger partial charge in [0, 0.05) is 0 Å². The summed E-state index contributed by atoms with van der Waals surface area (Å²) in [6.07, 6.45) is -0.723. The predicted molar refractivity (Wildman–Crippen MR) is 115 cm³/mol. The van der Waals surface area contributed by atoms with Crippen LogP contribution in [0.15, 0.2) is 30.3 Å². The first-order valence-electron chi connectivity index (χ1n) is 10.2. The number of benzene rings is 1. The minimum absolute atomic E-state index is 0.105. The lowest BCUT2D eigenvalue weighted by atomic mass is 10.0. The molecule has 0 bridgehead atoms. The molecule has 0 radical (unpaired) electrons. The molecule has 9 nitrogen and oxygen atoms in total. The number of nitrogens with one attached hydrogen (secondary N) is 3. The van der Waals surface area contributed by atoms with E-state index in [1.165, 1.54) is 6.92 Å². The maximum absolute atomic E-state index is 12.5. The van der Waals surface area contributed by atoms with Crippen molar-refractivity contribution in [2.75, 3.05) is 6.54 Å². The van der Waals surface area contributed by atoms with Gasteiger partial charge in [0.05, 0.1) is 0 Å². The van der Waals surface area contributed by atoms with Crippen molar-refractivity contribution in [1.29, 1.82) is 0 Å². The maximum Gasteiger partial charge on any atom is 0.408 e. The van der Waals surface area contributed by atoms with Gasteiger partial charge in [-0.05, 0) is 39.2 Å². The summed E-state index contributed by atoms with van der Waals surface area (Å²) in [5, 5.41) is 7.48. The van der Waals surface area contributed by atoms with Crippen molar-refractivity contribution in [3.8, 4) is 0 Å². The third-order valence-electron chi connectivity index (χ3n) is 4.02. The molecule has 1 aromatic carbocycles. The summed E-state index contributed by atoms with van der Waals surface area (Å²) >= 11 is 0. The van der Waals surface area contributed by atoms with Crippen LogP contribution in [0.2, 0.25) is 0 Å². The Morgan fingerprint density at radius 2 is 1.55 bits per heavy atom. The summed E-state index contributed by atoms with van der Waals surface area (Å²) in [6, 6.07) is 7.35. The van der Waals surface area contributed by atoms with Crippen molar-refractivity contribution in [3.05, 3.63) is 35.9 Å². The van der Waals surface area contributed by atoms with Gasteiger partial charge in [0.25, 0.3) is 0 Å². The van der Waals surface area contributed by atoms with Gasteiger partial charge in [-0.15, -0.1) is 0 Å². The van der Waals surface area contributed by atoms with E-state index in [0.717, 1.165) is 5.56 Å². The monoisotopic (exact) mass is 435 g/mol. The van der Waals surface area contributed by atoms with E-state index in [0.29, 0.717) is 0 Å². The molecule has 0 aliphatic carbocycles. The Kier molecular flexibility index (Phi) is 9.98. The van der Waals surface area contributed by atoms with Crippen LogP contribution in [0.3, 0.4) is 0 Å². The van der Waals surface area contributed by atoms with Crippen molar-refractivity contribution < 1.29 is 28.7 Å². The second-order valence-electron chi connectivity index (χ2n) is 8.46. The van der Waals surface area contributed by atoms with E-state index in [9.17, 15) is 19.2 Å². The molecule has 31 heavy (non-hydrogen) atoms. The van der Waals surface area contributed by atoms with E-state index >= 15 is 0 Å². The molecule has 0 spiro atoms. The molecule has 0 fully saturated rings. The van der Waals surface area contributed by atoms with Crippen LogP contribution in [0, 0.1) is 5.92 Å². The molecule has 1 rings (SSSR count). The number of rotatable bonds is 9. The van der Waals surface area contributed by atoms with Crippen LogP contribution in [0.1, 0.15) is 47.1 Å². The van der Waals surface area contributed by atoms with Gasteiger partial charge in [0.15, 0.2) is 0 Å². The molecule has 0 heterocycles. The lowest BCUT2D eigenvalue weighted by Crippen LogP contribution is -2.55. The molecule has 172 valence electrons. The smallest absolute Gasteiger partial charge is 0.408 e. The number of hydrogen-bond acceptors (Lipinski definition) is 6. The average Bonchev–Trinajstić information content (AvgIpc) is 2.67. The maximum atomic E-state index is 12.5. The lowest BCUT2D eigenvalue weighted by molar-refractivity contribution is -0.145. The van der Waals surface area contributed by atoms with Crippen molar-refractivity contribution >= 4 is 23.9 Å². The zero-order chi connectivity index (χ0) is 23.6. The first kappa shape index (κ1) is 25.9. The van der Waals surface area contributed by atoms with Gasteiger partial charge in [0.2, 0.25) is 11.8 Å². The number of carbonyl (C=O) groups excluding carboxylic acids is 4. The first-order valence-corrected chi connectivity index (χ1v) is 10.2. The van der Waals surface area contributed by atoms with Gasteiger partial charge in [-0.25, -0.2) is 4.79 Å². The number of hydrogen-bond donors (Lipinski definition) is 3. The van der Waals surface area contributed by atoms with E-state index in [1.807, 2.05) is 30.3 Å². The second kappa shape index (κ2) is 11.9. The SMILES string of the molecule is CC(C)[C@H](NC(=O)OC(C)(C)C)C(=O)N[C@@H](C)C(=O)NCC(=O)OCc1ccccc1. The molecule has 9 heteroatoms. The third kappa shape index (κ3) is 10.5. The first-order chi connectivity index (χ1) is 14.4. The summed E-state index contributed by atoms with van der Waals surface area (Å²) in [5.41, 5.74) is 0.129. The lowest BCUT2D eigenvalue weighted by Gasteiger charge is -2.26. The van der Waals surface area contributed by atoms with Crippen LogP contribution in [0.5, 0.6) is 0 Å². The van der Waals surface area contributed by atoms with Gasteiger partial charge < -0.3 is 25.4 Å². The normalized spacial score (nSPS) is 13.0. The molecule has 0 saturated heterocycles. The molecule has 0 saturated carbocycles. The molecule has 3 amide bonds. The van der Waals surface area contributed by atoms with E-state index in [-0.39, 0.29) is 19.1 Å². The Bertz CT molecular complexity index is 758. The molecular formula is C22H33N3O6. The Morgan fingerprint density at radius 1 is 0.935 bits per heavy atom. The summed E-state index contributed by atoms with van der Waals surface area (Å²) in [6.45, 7) is 9.93. The van der Waals surface area contributed by atoms with E-state index in [4.69, 9.17) is 9.47 Å². The summed E-state index contributed by atoms with van der Waals surface area (Å²) < 4.78 is 10.3. The van der Waals surface area contributed by atoms with Gasteiger partial charge in [-0.2, -0.15) is 0 Å². The molecule has 0 aliphatic rings. The van der Waals surface area contributed by atoms with E-state index in [2.05, 4.69) is 16.0 Å². The Labute approximate surface area is 183 Å².